The number of aromatic carboxylic acids is 1. The van der Waals surface area contributed by atoms with Crippen molar-refractivity contribution in [3.8, 4) is 0 Å². The second-order valence-electron chi connectivity index (χ2n) is 4.84. The summed E-state index contributed by atoms with van der Waals surface area (Å²) < 4.78 is 27.0. The predicted molar refractivity (Wildman–Crippen MR) is 75.7 cm³/mol. The van der Waals surface area contributed by atoms with Crippen LogP contribution in [-0.2, 0) is 10.0 Å². The van der Waals surface area contributed by atoms with Crippen molar-refractivity contribution in [2.24, 2.45) is 0 Å². The molecular formula is C13H19NO6S. The summed E-state index contributed by atoms with van der Waals surface area (Å²) in [5.74, 6) is -1.24. The van der Waals surface area contributed by atoms with Crippen molar-refractivity contribution in [1.29, 1.82) is 0 Å². The topological polar surface area (TPSA) is 124 Å². The molecule has 0 radical (unpaired) electrons. The highest BCUT2D eigenvalue weighted by molar-refractivity contribution is 7.89. The number of benzene rings is 1. The molecular weight excluding hydrogens is 298 g/mol. The summed E-state index contributed by atoms with van der Waals surface area (Å²) in [4.78, 5) is 10.8. The fourth-order valence-electron chi connectivity index (χ4n) is 1.77. The molecule has 0 aromatic heterocycles. The van der Waals surface area contributed by atoms with E-state index in [4.69, 9.17) is 5.11 Å². The molecule has 4 N–H and O–H groups in total. The van der Waals surface area contributed by atoms with Crippen LogP contribution in [0.25, 0.3) is 0 Å². The molecule has 0 aliphatic carbocycles. The number of sulfonamides is 1. The van der Waals surface area contributed by atoms with Crippen molar-refractivity contribution in [3.63, 3.8) is 0 Å². The minimum absolute atomic E-state index is 0.156. The second-order valence-corrected chi connectivity index (χ2v) is 6.49. The Kier molecular flexibility index (Phi) is 5.46. The summed E-state index contributed by atoms with van der Waals surface area (Å²) in [6.07, 6.45) is 0.177. The Labute approximate surface area is 123 Å². The van der Waals surface area contributed by atoms with Crippen LogP contribution in [0.5, 0.6) is 0 Å². The van der Waals surface area contributed by atoms with Crippen LogP contribution >= 0.6 is 0 Å². The standard InChI is InChI=1S/C13H19NO6S/c1-3-13(7-15,8-16)14-21(19,20)11-6-10(12(17)18)5-4-9(11)2/h4-6,14-16H,3,7-8H2,1-2H3,(H,17,18). The highest BCUT2D eigenvalue weighted by Gasteiger charge is 2.33. The Morgan fingerprint density at radius 2 is 1.86 bits per heavy atom. The van der Waals surface area contributed by atoms with Crippen LogP contribution < -0.4 is 4.72 Å². The Bertz CT molecular complexity index is 613. The number of nitrogens with one attached hydrogen (secondary N) is 1. The zero-order valence-corrected chi connectivity index (χ0v) is 12.6. The van der Waals surface area contributed by atoms with E-state index in [0.29, 0.717) is 5.56 Å². The quantitative estimate of drug-likeness (QED) is 0.565. The molecule has 0 unspecified atom stereocenters. The number of aryl methyl sites for hydroxylation is 1. The van der Waals surface area contributed by atoms with Gasteiger partial charge in [0.25, 0.3) is 0 Å². The first-order valence-corrected chi connectivity index (χ1v) is 7.79. The molecule has 0 saturated carbocycles. The fourth-order valence-corrected chi connectivity index (χ4v) is 3.50. The average molecular weight is 317 g/mol. The molecule has 0 amide bonds. The summed E-state index contributed by atoms with van der Waals surface area (Å²) in [5, 5.41) is 27.6. The van der Waals surface area contributed by atoms with Crippen molar-refractivity contribution in [2.75, 3.05) is 13.2 Å². The van der Waals surface area contributed by atoms with Crippen LogP contribution in [0.1, 0.15) is 29.3 Å². The fraction of sp³-hybridized carbons (Fsp3) is 0.462. The molecule has 0 saturated heterocycles. The van der Waals surface area contributed by atoms with E-state index in [1.54, 1.807) is 6.92 Å². The first-order valence-electron chi connectivity index (χ1n) is 6.31. The van der Waals surface area contributed by atoms with Gasteiger partial charge in [-0.1, -0.05) is 13.0 Å². The molecule has 0 aliphatic heterocycles. The van der Waals surface area contributed by atoms with Crippen molar-refractivity contribution >= 4 is 16.0 Å². The lowest BCUT2D eigenvalue weighted by Crippen LogP contribution is -2.53. The lowest BCUT2D eigenvalue weighted by atomic mass is 10.0. The molecule has 7 nitrogen and oxygen atoms in total. The number of aliphatic hydroxyl groups excluding tert-OH is 2. The molecule has 0 spiro atoms. The van der Waals surface area contributed by atoms with Gasteiger partial charge in [-0.25, -0.2) is 17.9 Å². The van der Waals surface area contributed by atoms with Gasteiger partial charge in [-0.15, -0.1) is 0 Å². The van der Waals surface area contributed by atoms with E-state index >= 15 is 0 Å². The number of aliphatic hydroxyl groups is 2. The molecule has 118 valence electrons. The highest BCUT2D eigenvalue weighted by Crippen LogP contribution is 2.20. The van der Waals surface area contributed by atoms with Crippen molar-refractivity contribution in [3.05, 3.63) is 29.3 Å². The summed E-state index contributed by atoms with van der Waals surface area (Å²) in [5.41, 5.74) is -1.17. The van der Waals surface area contributed by atoms with Crippen molar-refractivity contribution in [1.82, 2.24) is 4.72 Å². The van der Waals surface area contributed by atoms with Crippen LogP contribution in [0.4, 0.5) is 0 Å². The molecule has 1 aromatic carbocycles. The van der Waals surface area contributed by atoms with Crippen LogP contribution in [0.2, 0.25) is 0 Å². The monoisotopic (exact) mass is 317 g/mol. The Morgan fingerprint density at radius 1 is 1.29 bits per heavy atom. The third-order valence-electron chi connectivity index (χ3n) is 3.36. The third-order valence-corrected chi connectivity index (χ3v) is 5.08. The maximum Gasteiger partial charge on any atom is 0.335 e. The van der Waals surface area contributed by atoms with Gasteiger partial charge >= 0.3 is 5.97 Å². The summed E-state index contributed by atoms with van der Waals surface area (Å²) in [7, 11) is -4.07. The van der Waals surface area contributed by atoms with Crippen molar-refractivity contribution < 1.29 is 28.5 Å². The van der Waals surface area contributed by atoms with Crippen molar-refractivity contribution in [2.45, 2.75) is 30.7 Å². The Balaban J connectivity index is 3.31. The summed E-state index contributed by atoms with van der Waals surface area (Å²) in [6, 6.07) is 3.75. The van der Waals surface area contributed by atoms with Gasteiger partial charge < -0.3 is 15.3 Å². The minimum atomic E-state index is -4.07. The van der Waals surface area contributed by atoms with E-state index in [9.17, 15) is 23.4 Å². The molecule has 21 heavy (non-hydrogen) atoms. The molecule has 0 fully saturated rings. The van der Waals surface area contributed by atoms with Gasteiger partial charge in [0.05, 0.1) is 29.2 Å². The van der Waals surface area contributed by atoms with Gasteiger partial charge in [0.2, 0.25) is 10.0 Å². The van der Waals surface area contributed by atoms with Crippen LogP contribution in [0.3, 0.4) is 0 Å². The van der Waals surface area contributed by atoms with E-state index in [1.807, 2.05) is 0 Å². The number of hydrogen-bond acceptors (Lipinski definition) is 5. The average Bonchev–Trinajstić information content (AvgIpc) is 2.45. The number of carboxylic acid groups (broad SMARTS) is 1. The molecule has 0 aliphatic rings. The number of hydrogen-bond donors (Lipinski definition) is 4. The largest absolute Gasteiger partial charge is 0.478 e. The van der Waals surface area contributed by atoms with E-state index in [-0.39, 0.29) is 16.9 Å². The minimum Gasteiger partial charge on any atom is -0.478 e. The third kappa shape index (κ3) is 3.79. The molecule has 8 heteroatoms. The number of rotatable bonds is 7. The smallest absolute Gasteiger partial charge is 0.335 e. The van der Waals surface area contributed by atoms with Crippen LogP contribution in [0.15, 0.2) is 23.1 Å². The summed E-state index contributed by atoms with van der Waals surface area (Å²) in [6.45, 7) is 2.01. The molecule has 1 rings (SSSR count). The van der Waals surface area contributed by atoms with Gasteiger partial charge in [-0.3, -0.25) is 0 Å². The zero-order chi connectivity index (χ0) is 16.3. The van der Waals surface area contributed by atoms with E-state index in [2.05, 4.69) is 4.72 Å². The first kappa shape index (κ1) is 17.6. The zero-order valence-electron chi connectivity index (χ0n) is 11.8. The molecule has 0 heterocycles. The summed E-state index contributed by atoms with van der Waals surface area (Å²) >= 11 is 0. The number of carboxylic acids is 1. The molecule has 0 bridgehead atoms. The lowest BCUT2D eigenvalue weighted by molar-refractivity contribution is 0.0696. The maximum absolute atomic E-state index is 12.4. The van der Waals surface area contributed by atoms with Gasteiger partial charge in [0.1, 0.15) is 0 Å². The maximum atomic E-state index is 12.4. The SMILES string of the molecule is CCC(CO)(CO)NS(=O)(=O)c1cc(C(=O)O)ccc1C. The predicted octanol–water partition coefficient (Wildman–Crippen LogP) is 0.105. The Hall–Kier alpha value is -1.48. The van der Waals surface area contributed by atoms with Gasteiger partial charge in [0.15, 0.2) is 0 Å². The van der Waals surface area contributed by atoms with Crippen LogP contribution in [-0.4, -0.2) is 48.5 Å². The highest BCUT2D eigenvalue weighted by atomic mass is 32.2. The molecule has 0 atom stereocenters. The van der Waals surface area contributed by atoms with Gasteiger partial charge in [-0.05, 0) is 31.0 Å². The number of carbonyl (C=O) groups is 1. The van der Waals surface area contributed by atoms with Crippen LogP contribution in [0, 0.1) is 6.92 Å². The van der Waals surface area contributed by atoms with E-state index in [1.165, 1.54) is 19.1 Å². The lowest BCUT2D eigenvalue weighted by Gasteiger charge is -2.29. The normalized spacial score (nSPS) is 12.4. The van der Waals surface area contributed by atoms with Gasteiger partial charge in [0, 0.05) is 0 Å². The first-order chi connectivity index (χ1) is 9.71. The van der Waals surface area contributed by atoms with E-state index in [0.717, 1.165) is 6.07 Å². The second kappa shape index (κ2) is 6.52. The van der Waals surface area contributed by atoms with E-state index < -0.39 is 34.7 Å². The Morgan fingerprint density at radius 3 is 2.29 bits per heavy atom. The molecule has 1 aromatic rings. The van der Waals surface area contributed by atoms with Gasteiger partial charge in [-0.2, -0.15) is 0 Å².